The summed E-state index contributed by atoms with van der Waals surface area (Å²) in [6.45, 7) is 0. The molecule has 12 heteroatoms. The van der Waals surface area contributed by atoms with Crippen LogP contribution in [0.25, 0.3) is 11.6 Å². The van der Waals surface area contributed by atoms with Crippen LogP contribution in [0.15, 0.2) is 52.0 Å². The Morgan fingerprint density at radius 2 is 1.86 bits per heavy atom. The van der Waals surface area contributed by atoms with Gasteiger partial charge in [0, 0.05) is 14.1 Å². The number of benzene rings is 1. The molecular weight excluding hydrogens is 408 g/mol. The van der Waals surface area contributed by atoms with Gasteiger partial charge in [0.15, 0.2) is 5.76 Å². The lowest BCUT2D eigenvalue weighted by Crippen LogP contribution is -2.35. The molecule has 0 atom stereocenters. The minimum absolute atomic E-state index is 0.0158. The van der Waals surface area contributed by atoms with E-state index in [0.29, 0.717) is 5.76 Å². The smallest absolute Gasteiger partial charge is 0.335 e. The second kappa shape index (κ2) is 7.82. The molecule has 0 fully saturated rings. The number of urea groups is 1. The molecule has 146 valence electrons. The standard InChI is InChI=1S/C16H15ClN6O4S/c1-23(2)15-19-13(11-7-5-9-27-11)18-14(20-15)21-16(24)22-28(25,26)12-8-4-3-6-10(12)17/h3-9H,1-2H3,(H2,18,19,20,21,22,24). The second-order valence-corrected chi connectivity index (χ2v) is 7.70. The summed E-state index contributed by atoms with van der Waals surface area (Å²) in [6, 6.07) is 7.99. The molecule has 3 aromatic rings. The fraction of sp³-hybridized carbons (Fsp3) is 0.125. The Bertz CT molecular complexity index is 1100. The van der Waals surface area contributed by atoms with Crippen LogP contribution in [-0.2, 0) is 10.0 Å². The number of carbonyl (C=O) groups is 1. The second-order valence-electron chi connectivity index (χ2n) is 5.64. The third kappa shape index (κ3) is 4.38. The van der Waals surface area contributed by atoms with Gasteiger partial charge in [0.05, 0.1) is 11.3 Å². The summed E-state index contributed by atoms with van der Waals surface area (Å²) in [4.78, 5) is 26.0. The average Bonchev–Trinajstić information content (AvgIpc) is 3.15. The Labute approximate surface area is 165 Å². The Morgan fingerprint density at radius 1 is 1.11 bits per heavy atom. The van der Waals surface area contributed by atoms with Gasteiger partial charge in [-0.15, -0.1) is 0 Å². The number of nitrogens with zero attached hydrogens (tertiary/aromatic N) is 4. The highest BCUT2D eigenvalue weighted by molar-refractivity contribution is 7.90. The van der Waals surface area contributed by atoms with Crippen LogP contribution >= 0.6 is 11.6 Å². The maximum absolute atomic E-state index is 12.3. The van der Waals surface area contributed by atoms with Gasteiger partial charge < -0.3 is 9.32 Å². The number of carbonyl (C=O) groups excluding carboxylic acids is 1. The molecule has 1 aromatic carbocycles. The molecule has 0 aliphatic rings. The summed E-state index contributed by atoms with van der Waals surface area (Å²) in [5, 5.41) is 2.27. The largest absolute Gasteiger partial charge is 0.461 e. The van der Waals surface area contributed by atoms with Crippen molar-refractivity contribution in [2.24, 2.45) is 0 Å². The number of furan rings is 1. The lowest BCUT2D eigenvalue weighted by Gasteiger charge is -2.13. The zero-order valence-corrected chi connectivity index (χ0v) is 16.3. The number of aromatic nitrogens is 3. The number of sulfonamides is 1. The van der Waals surface area contributed by atoms with Gasteiger partial charge in [0.2, 0.25) is 17.7 Å². The number of hydrogen-bond acceptors (Lipinski definition) is 8. The zero-order chi connectivity index (χ0) is 20.3. The van der Waals surface area contributed by atoms with Gasteiger partial charge in [-0.25, -0.2) is 17.9 Å². The predicted octanol–water partition coefficient (Wildman–Crippen LogP) is 2.36. The first-order chi connectivity index (χ1) is 13.3. The van der Waals surface area contributed by atoms with Gasteiger partial charge >= 0.3 is 6.03 Å². The summed E-state index contributed by atoms with van der Waals surface area (Å²) in [7, 11) is -0.781. The molecule has 2 heterocycles. The Kier molecular flexibility index (Phi) is 5.47. The molecule has 28 heavy (non-hydrogen) atoms. The first-order valence-corrected chi connectivity index (χ1v) is 9.68. The third-order valence-electron chi connectivity index (χ3n) is 3.34. The van der Waals surface area contributed by atoms with E-state index in [9.17, 15) is 13.2 Å². The minimum Gasteiger partial charge on any atom is -0.461 e. The fourth-order valence-electron chi connectivity index (χ4n) is 2.10. The summed E-state index contributed by atoms with van der Waals surface area (Å²) in [5.74, 6) is 0.619. The fourth-order valence-corrected chi connectivity index (χ4v) is 3.53. The van der Waals surface area contributed by atoms with Crippen LogP contribution in [0.1, 0.15) is 0 Å². The molecule has 0 bridgehead atoms. The molecule has 0 unspecified atom stereocenters. The highest BCUT2D eigenvalue weighted by Crippen LogP contribution is 2.21. The first kappa shape index (κ1) is 19.6. The Morgan fingerprint density at radius 3 is 2.50 bits per heavy atom. The summed E-state index contributed by atoms with van der Waals surface area (Å²) in [5.41, 5.74) is 0. The number of nitrogens with one attached hydrogen (secondary N) is 2. The van der Waals surface area contributed by atoms with E-state index in [0.717, 1.165) is 0 Å². The molecule has 0 spiro atoms. The van der Waals surface area contributed by atoms with Crippen molar-refractivity contribution in [2.45, 2.75) is 4.90 Å². The molecule has 3 rings (SSSR count). The molecule has 0 saturated carbocycles. The quantitative estimate of drug-likeness (QED) is 0.640. The molecule has 2 amide bonds. The first-order valence-electron chi connectivity index (χ1n) is 7.82. The SMILES string of the molecule is CN(C)c1nc(NC(=O)NS(=O)(=O)c2ccccc2Cl)nc(-c2ccco2)n1. The Balaban J connectivity index is 1.85. The maximum atomic E-state index is 12.3. The molecular formula is C16H15ClN6O4S. The summed E-state index contributed by atoms with van der Waals surface area (Å²) in [6.07, 6.45) is 1.45. The van der Waals surface area contributed by atoms with E-state index < -0.39 is 16.1 Å². The highest BCUT2D eigenvalue weighted by Gasteiger charge is 2.21. The van der Waals surface area contributed by atoms with Crippen LogP contribution in [0.3, 0.4) is 0 Å². The van der Waals surface area contributed by atoms with Crippen molar-refractivity contribution in [3.05, 3.63) is 47.7 Å². The molecule has 0 saturated heterocycles. The van der Waals surface area contributed by atoms with Gasteiger partial charge in [-0.2, -0.15) is 15.0 Å². The lowest BCUT2D eigenvalue weighted by atomic mass is 10.4. The third-order valence-corrected chi connectivity index (χ3v) is 5.17. The van der Waals surface area contributed by atoms with Crippen molar-refractivity contribution < 1.29 is 17.6 Å². The summed E-state index contributed by atoms with van der Waals surface area (Å²) >= 11 is 5.89. The molecule has 0 aliphatic heterocycles. The van der Waals surface area contributed by atoms with Crippen LogP contribution in [0.4, 0.5) is 16.7 Å². The lowest BCUT2D eigenvalue weighted by molar-refractivity contribution is 0.256. The van der Waals surface area contributed by atoms with Crippen molar-refractivity contribution in [3.63, 3.8) is 0 Å². The number of hydrogen-bond donors (Lipinski definition) is 2. The molecule has 2 N–H and O–H groups in total. The number of amides is 2. The zero-order valence-electron chi connectivity index (χ0n) is 14.7. The van der Waals surface area contributed by atoms with E-state index in [2.05, 4.69) is 20.3 Å². The monoisotopic (exact) mass is 422 g/mol. The van der Waals surface area contributed by atoms with Gasteiger partial charge in [-0.05, 0) is 24.3 Å². The van der Waals surface area contributed by atoms with E-state index in [1.807, 2.05) is 4.72 Å². The van der Waals surface area contributed by atoms with E-state index in [1.165, 1.54) is 24.5 Å². The number of anilines is 2. The van der Waals surface area contributed by atoms with E-state index >= 15 is 0 Å². The van der Waals surface area contributed by atoms with Crippen LogP contribution in [0.5, 0.6) is 0 Å². The minimum atomic E-state index is -4.18. The highest BCUT2D eigenvalue weighted by atomic mass is 35.5. The van der Waals surface area contributed by atoms with Gasteiger partial charge in [0.25, 0.3) is 10.0 Å². The van der Waals surface area contributed by atoms with Crippen LogP contribution in [0.2, 0.25) is 5.02 Å². The van der Waals surface area contributed by atoms with Crippen LogP contribution in [-0.4, -0.2) is 43.5 Å². The molecule has 10 nitrogen and oxygen atoms in total. The van der Waals surface area contributed by atoms with Crippen LogP contribution in [0, 0.1) is 0 Å². The average molecular weight is 423 g/mol. The van der Waals surface area contributed by atoms with Crippen molar-refractivity contribution in [2.75, 3.05) is 24.3 Å². The molecule has 0 radical (unpaired) electrons. The van der Waals surface area contributed by atoms with Crippen LogP contribution < -0.4 is 14.9 Å². The normalized spacial score (nSPS) is 11.1. The van der Waals surface area contributed by atoms with Gasteiger partial charge in [-0.1, -0.05) is 23.7 Å². The van der Waals surface area contributed by atoms with Crippen molar-refractivity contribution in [1.82, 2.24) is 19.7 Å². The van der Waals surface area contributed by atoms with Crippen molar-refractivity contribution >= 4 is 39.6 Å². The van der Waals surface area contributed by atoms with E-state index in [1.54, 1.807) is 37.2 Å². The maximum Gasteiger partial charge on any atom is 0.335 e. The van der Waals surface area contributed by atoms with Gasteiger partial charge in [-0.3, -0.25) is 5.32 Å². The molecule has 2 aromatic heterocycles. The summed E-state index contributed by atoms with van der Waals surface area (Å²) < 4.78 is 31.8. The van der Waals surface area contributed by atoms with Crippen molar-refractivity contribution in [3.8, 4) is 11.6 Å². The van der Waals surface area contributed by atoms with Gasteiger partial charge in [0.1, 0.15) is 4.90 Å². The number of halogens is 1. The number of rotatable bonds is 5. The van der Waals surface area contributed by atoms with Crippen molar-refractivity contribution in [1.29, 1.82) is 0 Å². The predicted molar refractivity (Wildman–Crippen MR) is 103 cm³/mol. The Hall–Kier alpha value is -3.18. The molecule has 0 aliphatic carbocycles. The van der Waals surface area contributed by atoms with E-state index in [4.69, 9.17) is 16.0 Å². The van der Waals surface area contributed by atoms with E-state index in [-0.39, 0.29) is 27.6 Å². The topological polar surface area (TPSA) is 130 Å².